The highest BCUT2D eigenvalue weighted by Gasteiger charge is 2.22. The van der Waals surface area contributed by atoms with Gasteiger partial charge in [-0.1, -0.05) is 6.92 Å². The molecule has 2 aliphatic heterocycles. The van der Waals surface area contributed by atoms with Crippen LogP contribution in [0.2, 0.25) is 0 Å². The number of anilines is 1. The Morgan fingerprint density at radius 3 is 3.06 bits per heavy atom. The van der Waals surface area contributed by atoms with E-state index in [0.29, 0.717) is 11.8 Å². The van der Waals surface area contributed by atoms with E-state index in [-0.39, 0.29) is 0 Å². The summed E-state index contributed by atoms with van der Waals surface area (Å²) >= 11 is 0. The average Bonchev–Trinajstić information content (AvgIpc) is 2.73. The highest BCUT2D eigenvalue weighted by Crippen LogP contribution is 2.29. The van der Waals surface area contributed by atoms with Crippen LogP contribution in [0.25, 0.3) is 0 Å². The van der Waals surface area contributed by atoms with E-state index in [0.717, 1.165) is 39.1 Å². The maximum Gasteiger partial charge on any atom is 0.124 e. The molecule has 0 saturated carbocycles. The highest BCUT2D eigenvalue weighted by molar-refractivity contribution is 5.39. The molecule has 2 aliphatic rings. The molecule has 3 rings (SSSR count). The van der Waals surface area contributed by atoms with Gasteiger partial charge in [0.05, 0.1) is 5.69 Å². The van der Waals surface area contributed by atoms with E-state index in [1.165, 1.54) is 11.5 Å². The molecule has 0 bridgehead atoms. The third-order valence-corrected chi connectivity index (χ3v) is 3.55. The van der Waals surface area contributed by atoms with Crippen molar-refractivity contribution in [2.45, 2.75) is 32.2 Å². The molecule has 0 amide bonds. The van der Waals surface area contributed by atoms with Gasteiger partial charge in [0.15, 0.2) is 0 Å². The van der Waals surface area contributed by atoms with Crippen molar-refractivity contribution in [3.63, 3.8) is 0 Å². The molecule has 3 heterocycles. The van der Waals surface area contributed by atoms with Crippen LogP contribution in [0.1, 0.15) is 31.4 Å². The Bertz CT molecular complexity index is 368. The topological polar surface area (TPSA) is 39.1 Å². The van der Waals surface area contributed by atoms with Gasteiger partial charge in [-0.2, -0.15) is 5.10 Å². The monoisotopic (exact) mass is 221 g/mol. The standard InChI is InChI=1S/C12H19N3O/c1-9-7-13-12-6-11(14-15(12)8-9)10-2-4-16-5-3-10/h6,9-10,13H,2-5,7-8H2,1H3. The van der Waals surface area contributed by atoms with Crippen LogP contribution in [0.3, 0.4) is 0 Å². The normalized spacial score (nSPS) is 26.2. The van der Waals surface area contributed by atoms with E-state index in [4.69, 9.17) is 9.84 Å². The van der Waals surface area contributed by atoms with Crippen molar-refractivity contribution >= 4 is 5.82 Å². The van der Waals surface area contributed by atoms with Gasteiger partial charge in [0.25, 0.3) is 0 Å². The maximum absolute atomic E-state index is 5.39. The largest absolute Gasteiger partial charge is 0.381 e. The first-order valence-corrected chi connectivity index (χ1v) is 6.22. The lowest BCUT2D eigenvalue weighted by atomic mass is 9.97. The molecule has 1 unspecified atom stereocenters. The summed E-state index contributed by atoms with van der Waals surface area (Å²) in [5, 5.41) is 8.16. The molecule has 1 aromatic heterocycles. The zero-order valence-corrected chi connectivity index (χ0v) is 9.78. The molecule has 0 aliphatic carbocycles. The molecule has 1 aromatic rings. The molecule has 4 heteroatoms. The van der Waals surface area contributed by atoms with E-state index < -0.39 is 0 Å². The second-order valence-corrected chi connectivity index (χ2v) is 5.01. The molecule has 0 aromatic carbocycles. The van der Waals surface area contributed by atoms with Crippen LogP contribution in [0.4, 0.5) is 5.82 Å². The molecule has 0 radical (unpaired) electrons. The molecule has 1 N–H and O–H groups in total. The maximum atomic E-state index is 5.39. The summed E-state index contributed by atoms with van der Waals surface area (Å²) in [4.78, 5) is 0. The molecule has 1 saturated heterocycles. The van der Waals surface area contributed by atoms with Gasteiger partial charge in [-0.15, -0.1) is 0 Å². The predicted molar refractivity (Wildman–Crippen MR) is 62.7 cm³/mol. The fourth-order valence-electron chi connectivity index (χ4n) is 2.55. The van der Waals surface area contributed by atoms with Crippen LogP contribution >= 0.6 is 0 Å². The zero-order chi connectivity index (χ0) is 11.0. The lowest BCUT2D eigenvalue weighted by molar-refractivity contribution is 0.0843. The van der Waals surface area contributed by atoms with Crippen molar-refractivity contribution in [2.24, 2.45) is 5.92 Å². The van der Waals surface area contributed by atoms with Gasteiger partial charge in [-0.3, -0.25) is 0 Å². The lowest BCUT2D eigenvalue weighted by Gasteiger charge is -2.21. The van der Waals surface area contributed by atoms with E-state index in [1.54, 1.807) is 0 Å². The summed E-state index contributed by atoms with van der Waals surface area (Å²) in [5.74, 6) is 2.47. The summed E-state index contributed by atoms with van der Waals surface area (Å²) in [7, 11) is 0. The van der Waals surface area contributed by atoms with Crippen LogP contribution in [0.15, 0.2) is 6.07 Å². The van der Waals surface area contributed by atoms with Crippen LogP contribution < -0.4 is 5.32 Å². The van der Waals surface area contributed by atoms with Crippen molar-refractivity contribution in [3.05, 3.63) is 11.8 Å². The highest BCUT2D eigenvalue weighted by atomic mass is 16.5. The van der Waals surface area contributed by atoms with Gasteiger partial charge in [0, 0.05) is 38.3 Å². The van der Waals surface area contributed by atoms with Crippen LogP contribution in [-0.2, 0) is 11.3 Å². The first kappa shape index (κ1) is 10.1. The Hall–Kier alpha value is -1.03. The number of nitrogens with zero attached hydrogens (tertiary/aromatic N) is 2. The lowest BCUT2D eigenvalue weighted by Crippen LogP contribution is -2.25. The number of nitrogens with one attached hydrogen (secondary N) is 1. The minimum Gasteiger partial charge on any atom is -0.381 e. The van der Waals surface area contributed by atoms with E-state index in [2.05, 4.69) is 23.0 Å². The molecule has 4 nitrogen and oxygen atoms in total. The van der Waals surface area contributed by atoms with Gasteiger partial charge in [-0.25, -0.2) is 4.68 Å². The minimum absolute atomic E-state index is 0.601. The Balaban J connectivity index is 1.80. The van der Waals surface area contributed by atoms with Crippen LogP contribution in [0, 0.1) is 5.92 Å². The summed E-state index contributed by atoms with van der Waals surface area (Å²) in [6, 6.07) is 2.22. The molecule has 1 fully saturated rings. The summed E-state index contributed by atoms with van der Waals surface area (Å²) in [6.07, 6.45) is 2.23. The number of aromatic nitrogens is 2. The van der Waals surface area contributed by atoms with Gasteiger partial charge in [0.1, 0.15) is 5.82 Å². The second kappa shape index (κ2) is 4.09. The fraction of sp³-hybridized carbons (Fsp3) is 0.750. The molecular formula is C12H19N3O. The minimum atomic E-state index is 0.601. The smallest absolute Gasteiger partial charge is 0.124 e. The van der Waals surface area contributed by atoms with Gasteiger partial charge in [0.2, 0.25) is 0 Å². The molecule has 0 spiro atoms. The fourth-order valence-corrected chi connectivity index (χ4v) is 2.55. The van der Waals surface area contributed by atoms with Crippen molar-refractivity contribution in [2.75, 3.05) is 25.1 Å². The molecule has 88 valence electrons. The first-order chi connectivity index (χ1) is 7.83. The number of ether oxygens (including phenoxy) is 1. The summed E-state index contributed by atoms with van der Waals surface area (Å²) in [5.41, 5.74) is 1.25. The first-order valence-electron chi connectivity index (χ1n) is 6.22. The molecule has 16 heavy (non-hydrogen) atoms. The average molecular weight is 221 g/mol. The SMILES string of the molecule is CC1CNc2cc(C3CCOCC3)nn2C1. The van der Waals surface area contributed by atoms with Crippen molar-refractivity contribution in [1.82, 2.24) is 9.78 Å². The third-order valence-electron chi connectivity index (χ3n) is 3.55. The van der Waals surface area contributed by atoms with E-state index in [1.807, 2.05) is 0 Å². The van der Waals surface area contributed by atoms with Crippen LogP contribution in [0.5, 0.6) is 0 Å². The molecular weight excluding hydrogens is 202 g/mol. The van der Waals surface area contributed by atoms with Gasteiger partial charge < -0.3 is 10.1 Å². The number of fused-ring (bicyclic) bond motifs is 1. The third kappa shape index (κ3) is 1.82. The second-order valence-electron chi connectivity index (χ2n) is 5.01. The van der Waals surface area contributed by atoms with Crippen molar-refractivity contribution < 1.29 is 4.74 Å². The Morgan fingerprint density at radius 2 is 2.25 bits per heavy atom. The van der Waals surface area contributed by atoms with Crippen molar-refractivity contribution in [1.29, 1.82) is 0 Å². The van der Waals surface area contributed by atoms with Crippen LogP contribution in [-0.4, -0.2) is 29.5 Å². The zero-order valence-electron chi connectivity index (χ0n) is 9.78. The molecule has 1 atom stereocenters. The summed E-state index contributed by atoms with van der Waals surface area (Å²) < 4.78 is 7.51. The number of hydrogen-bond acceptors (Lipinski definition) is 3. The Kier molecular flexibility index (Phi) is 2.59. The van der Waals surface area contributed by atoms with Gasteiger partial charge in [-0.05, 0) is 18.8 Å². The quantitative estimate of drug-likeness (QED) is 0.786. The Morgan fingerprint density at radius 1 is 1.44 bits per heavy atom. The van der Waals surface area contributed by atoms with Crippen molar-refractivity contribution in [3.8, 4) is 0 Å². The van der Waals surface area contributed by atoms with E-state index >= 15 is 0 Å². The number of rotatable bonds is 1. The van der Waals surface area contributed by atoms with E-state index in [9.17, 15) is 0 Å². The Labute approximate surface area is 96.0 Å². The summed E-state index contributed by atoms with van der Waals surface area (Å²) in [6.45, 7) is 6.14. The number of hydrogen-bond donors (Lipinski definition) is 1. The van der Waals surface area contributed by atoms with Gasteiger partial charge >= 0.3 is 0 Å². The predicted octanol–water partition coefficient (Wildman–Crippen LogP) is 1.84.